The van der Waals surface area contributed by atoms with E-state index in [1.807, 2.05) is 0 Å². The summed E-state index contributed by atoms with van der Waals surface area (Å²) < 4.78 is 9.97. The molecule has 0 atom stereocenters. The molecule has 7 heteroatoms. The standard InChI is InChI=1S/C9H14N4O3/c14-9(13-3-5-15-6-4-13)10-2-1-8-11-7-12-16-8/h7H,1-6H2,(H,10,14). The van der Waals surface area contributed by atoms with Gasteiger partial charge in [0, 0.05) is 26.1 Å². The van der Waals surface area contributed by atoms with Crippen LogP contribution in [0.3, 0.4) is 0 Å². The minimum atomic E-state index is -0.0668. The summed E-state index contributed by atoms with van der Waals surface area (Å²) in [5, 5.41) is 6.28. The summed E-state index contributed by atoms with van der Waals surface area (Å²) in [5.41, 5.74) is 0. The van der Waals surface area contributed by atoms with Crippen LogP contribution in [-0.2, 0) is 11.2 Å². The minimum Gasteiger partial charge on any atom is -0.378 e. The molecule has 1 aliphatic rings. The summed E-state index contributed by atoms with van der Waals surface area (Å²) in [7, 11) is 0. The minimum absolute atomic E-state index is 0.0668. The molecule has 1 aromatic rings. The maximum absolute atomic E-state index is 11.6. The maximum Gasteiger partial charge on any atom is 0.317 e. The summed E-state index contributed by atoms with van der Waals surface area (Å²) in [6.07, 6.45) is 1.90. The fraction of sp³-hybridized carbons (Fsp3) is 0.667. The van der Waals surface area contributed by atoms with E-state index in [9.17, 15) is 4.79 Å². The first kappa shape index (κ1) is 10.9. The molecule has 16 heavy (non-hydrogen) atoms. The Hall–Kier alpha value is -1.63. The Kier molecular flexibility index (Phi) is 3.71. The molecule has 1 saturated heterocycles. The van der Waals surface area contributed by atoms with E-state index in [0.717, 1.165) is 0 Å². The summed E-state index contributed by atoms with van der Waals surface area (Å²) in [5.74, 6) is 0.530. The third kappa shape index (κ3) is 2.93. The third-order valence-electron chi connectivity index (χ3n) is 2.32. The van der Waals surface area contributed by atoms with Crippen LogP contribution in [0.2, 0.25) is 0 Å². The monoisotopic (exact) mass is 226 g/mol. The SMILES string of the molecule is O=C(NCCc1ncno1)N1CCOCC1. The Bertz CT molecular complexity index is 322. The molecule has 2 rings (SSSR count). The van der Waals surface area contributed by atoms with Gasteiger partial charge in [-0.15, -0.1) is 0 Å². The molecule has 1 aliphatic heterocycles. The number of carbonyl (C=O) groups excluding carboxylic acids is 1. The number of nitrogens with one attached hydrogen (secondary N) is 1. The summed E-state index contributed by atoms with van der Waals surface area (Å²) in [6.45, 7) is 3.01. The first-order chi connectivity index (χ1) is 7.86. The fourth-order valence-electron chi connectivity index (χ4n) is 1.46. The molecule has 1 fully saturated rings. The Labute approximate surface area is 92.7 Å². The highest BCUT2D eigenvalue weighted by Crippen LogP contribution is 1.97. The Balaban J connectivity index is 1.67. The molecule has 0 radical (unpaired) electrons. The average molecular weight is 226 g/mol. The molecule has 2 heterocycles. The van der Waals surface area contributed by atoms with Crippen LogP contribution in [0.25, 0.3) is 0 Å². The van der Waals surface area contributed by atoms with Gasteiger partial charge in [0.1, 0.15) is 0 Å². The van der Waals surface area contributed by atoms with Crippen LogP contribution in [0.4, 0.5) is 4.79 Å². The van der Waals surface area contributed by atoms with E-state index in [4.69, 9.17) is 9.26 Å². The fourth-order valence-corrected chi connectivity index (χ4v) is 1.46. The van der Waals surface area contributed by atoms with E-state index in [-0.39, 0.29) is 6.03 Å². The molecule has 88 valence electrons. The average Bonchev–Trinajstić information content (AvgIpc) is 2.83. The van der Waals surface area contributed by atoms with Crippen molar-refractivity contribution in [1.29, 1.82) is 0 Å². The molecule has 0 aliphatic carbocycles. The second-order valence-corrected chi connectivity index (χ2v) is 3.42. The highest BCUT2D eigenvalue weighted by atomic mass is 16.5. The molecular formula is C9H14N4O3. The molecule has 0 bridgehead atoms. The number of nitrogens with zero attached hydrogens (tertiary/aromatic N) is 3. The van der Waals surface area contributed by atoms with Crippen LogP contribution in [0.5, 0.6) is 0 Å². The predicted molar refractivity (Wildman–Crippen MR) is 53.8 cm³/mol. The van der Waals surface area contributed by atoms with E-state index in [0.29, 0.717) is 45.2 Å². The van der Waals surface area contributed by atoms with Crippen LogP contribution in [0.15, 0.2) is 10.9 Å². The van der Waals surface area contributed by atoms with Gasteiger partial charge < -0.3 is 19.5 Å². The number of ether oxygens (including phenoxy) is 1. The van der Waals surface area contributed by atoms with E-state index < -0.39 is 0 Å². The van der Waals surface area contributed by atoms with Crippen molar-refractivity contribution in [2.75, 3.05) is 32.8 Å². The molecule has 2 amide bonds. The normalized spacial score (nSPS) is 16.1. The van der Waals surface area contributed by atoms with Crippen LogP contribution in [0.1, 0.15) is 5.89 Å². The van der Waals surface area contributed by atoms with Crippen molar-refractivity contribution in [3.8, 4) is 0 Å². The zero-order valence-corrected chi connectivity index (χ0v) is 8.89. The van der Waals surface area contributed by atoms with Crippen molar-refractivity contribution >= 4 is 6.03 Å². The lowest BCUT2D eigenvalue weighted by molar-refractivity contribution is 0.0532. The Morgan fingerprint density at radius 2 is 2.31 bits per heavy atom. The summed E-state index contributed by atoms with van der Waals surface area (Å²) in [4.78, 5) is 17.2. The van der Waals surface area contributed by atoms with Gasteiger partial charge in [0.15, 0.2) is 6.33 Å². The van der Waals surface area contributed by atoms with E-state index in [2.05, 4.69) is 15.5 Å². The second-order valence-electron chi connectivity index (χ2n) is 3.42. The van der Waals surface area contributed by atoms with Crippen LogP contribution < -0.4 is 5.32 Å². The quantitative estimate of drug-likeness (QED) is 0.762. The van der Waals surface area contributed by atoms with Gasteiger partial charge >= 0.3 is 6.03 Å². The highest BCUT2D eigenvalue weighted by Gasteiger charge is 2.15. The number of hydrogen-bond acceptors (Lipinski definition) is 5. The lowest BCUT2D eigenvalue weighted by Crippen LogP contribution is -2.46. The first-order valence-electron chi connectivity index (χ1n) is 5.22. The highest BCUT2D eigenvalue weighted by molar-refractivity contribution is 5.74. The second kappa shape index (κ2) is 5.45. The van der Waals surface area contributed by atoms with Gasteiger partial charge in [0.2, 0.25) is 5.89 Å². The lowest BCUT2D eigenvalue weighted by atomic mass is 10.4. The number of urea groups is 1. The van der Waals surface area contributed by atoms with Crippen LogP contribution >= 0.6 is 0 Å². The van der Waals surface area contributed by atoms with Gasteiger partial charge in [0.25, 0.3) is 0 Å². The molecule has 0 spiro atoms. The summed E-state index contributed by atoms with van der Waals surface area (Å²) >= 11 is 0. The van der Waals surface area contributed by atoms with Gasteiger partial charge in [-0.1, -0.05) is 5.16 Å². The van der Waals surface area contributed by atoms with Crippen molar-refractivity contribution < 1.29 is 14.1 Å². The Morgan fingerprint density at radius 3 is 3.00 bits per heavy atom. The van der Waals surface area contributed by atoms with Crippen molar-refractivity contribution in [3.05, 3.63) is 12.2 Å². The number of rotatable bonds is 3. The molecule has 1 N–H and O–H groups in total. The Morgan fingerprint density at radius 1 is 1.50 bits per heavy atom. The van der Waals surface area contributed by atoms with Crippen LogP contribution in [0, 0.1) is 0 Å². The lowest BCUT2D eigenvalue weighted by Gasteiger charge is -2.26. The van der Waals surface area contributed by atoms with E-state index >= 15 is 0 Å². The summed E-state index contributed by atoms with van der Waals surface area (Å²) in [6, 6.07) is -0.0668. The molecule has 1 aromatic heterocycles. The van der Waals surface area contributed by atoms with Gasteiger partial charge in [-0.2, -0.15) is 4.98 Å². The molecular weight excluding hydrogens is 212 g/mol. The van der Waals surface area contributed by atoms with Crippen LogP contribution in [-0.4, -0.2) is 53.9 Å². The maximum atomic E-state index is 11.6. The first-order valence-corrected chi connectivity index (χ1v) is 5.22. The number of amides is 2. The number of morpholine rings is 1. The largest absolute Gasteiger partial charge is 0.378 e. The van der Waals surface area contributed by atoms with E-state index in [1.165, 1.54) is 6.33 Å². The molecule has 0 aromatic carbocycles. The predicted octanol–water partition coefficient (Wildman–Crippen LogP) is -0.346. The number of aromatic nitrogens is 2. The van der Waals surface area contributed by atoms with Crippen molar-refractivity contribution in [2.24, 2.45) is 0 Å². The third-order valence-corrected chi connectivity index (χ3v) is 2.32. The zero-order chi connectivity index (χ0) is 11.2. The van der Waals surface area contributed by atoms with Crippen molar-refractivity contribution in [2.45, 2.75) is 6.42 Å². The van der Waals surface area contributed by atoms with Gasteiger partial charge in [-0.3, -0.25) is 0 Å². The van der Waals surface area contributed by atoms with Gasteiger partial charge in [-0.05, 0) is 0 Å². The van der Waals surface area contributed by atoms with Crippen molar-refractivity contribution in [1.82, 2.24) is 20.4 Å². The molecule has 0 saturated carbocycles. The molecule has 7 nitrogen and oxygen atoms in total. The topological polar surface area (TPSA) is 80.5 Å². The van der Waals surface area contributed by atoms with E-state index in [1.54, 1.807) is 4.90 Å². The smallest absolute Gasteiger partial charge is 0.317 e. The molecule has 0 unspecified atom stereocenters. The zero-order valence-electron chi connectivity index (χ0n) is 8.89. The van der Waals surface area contributed by atoms with Crippen molar-refractivity contribution in [3.63, 3.8) is 0 Å². The van der Waals surface area contributed by atoms with Gasteiger partial charge in [0.05, 0.1) is 13.2 Å². The number of carbonyl (C=O) groups is 1. The van der Waals surface area contributed by atoms with Gasteiger partial charge in [-0.25, -0.2) is 4.79 Å². The number of hydrogen-bond donors (Lipinski definition) is 1.